The number of hydrogen-bond acceptors (Lipinski definition) is 4. The molecule has 1 aliphatic heterocycles. The van der Waals surface area contributed by atoms with E-state index >= 15 is 0 Å². The van der Waals surface area contributed by atoms with E-state index in [2.05, 4.69) is 4.72 Å². The maximum absolute atomic E-state index is 11.6. The summed E-state index contributed by atoms with van der Waals surface area (Å²) in [6, 6.07) is -0.169. The molecule has 100 valence electrons. The van der Waals surface area contributed by atoms with Gasteiger partial charge in [0.1, 0.15) is 0 Å². The quantitative estimate of drug-likeness (QED) is 0.715. The van der Waals surface area contributed by atoms with E-state index in [0.717, 1.165) is 12.8 Å². The average molecular weight is 265 g/mol. The topological polar surface area (TPSA) is 92.7 Å². The highest BCUT2D eigenvalue weighted by molar-refractivity contribution is 7.89. The number of nitrogens with one attached hydrogen (secondary N) is 1. The molecule has 17 heavy (non-hydrogen) atoms. The van der Waals surface area contributed by atoms with Gasteiger partial charge in [-0.05, 0) is 25.7 Å². The highest BCUT2D eigenvalue weighted by atomic mass is 32.2. The number of hydrogen-bond donors (Lipinski definition) is 2. The van der Waals surface area contributed by atoms with Crippen molar-refractivity contribution in [2.45, 2.75) is 32.2 Å². The molecule has 1 unspecified atom stereocenters. The Balaban J connectivity index is 2.42. The molecule has 1 aliphatic rings. The predicted molar refractivity (Wildman–Crippen MR) is 62.2 cm³/mol. The standard InChI is InChI=1S/C10H19NO5S/c1-8(9-2-5-16-6-3-9)11-17(14,15)7-4-10(12)13/h8-9,11H,2-7H2,1H3,(H,12,13). The second kappa shape index (κ2) is 6.32. The highest BCUT2D eigenvalue weighted by Crippen LogP contribution is 2.19. The first-order chi connectivity index (χ1) is 7.91. The number of rotatable bonds is 6. The molecule has 0 radical (unpaired) electrons. The van der Waals surface area contributed by atoms with Gasteiger partial charge in [0.05, 0.1) is 12.2 Å². The molecule has 1 fully saturated rings. The van der Waals surface area contributed by atoms with E-state index in [0.29, 0.717) is 13.2 Å². The summed E-state index contributed by atoms with van der Waals surface area (Å²) in [5, 5.41) is 8.45. The maximum Gasteiger partial charge on any atom is 0.304 e. The van der Waals surface area contributed by atoms with Crippen LogP contribution >= 0.6 is 0 Å². The van der Waals surface area contributed by atoms with Crippen molar-refractivity contribution in [3.63, 3.8) is 0 Å². The number of carboxylic acid groups (broad SMARTS) is 1. The monoisotopic (exact) mass is 265 g/mol. The van der Waals surface area contributed by atoms with Crippen molar-refractivity contribution in [1.29, 1.82) is 0 Å². The van der Waals surface area contributed by atoms with Crippen molar-refractivity contribution in [3.8, 4) is 0 Å². The van der Waals surface area contributed by atoms with E-state index in [4.69, 9.17) is 9.84 Å². The smallest absolute Gasteiger partial charge is 0.304 e. The highest BCUT2D eigenvalue weighted by Gasteiger charge is 2.24. The predicted octanol–water partition coefficient (Wildman–Crippen LogP) is 0.196. The minimum Gasteiger partial charge on any atom is -0.481 e. The van der Waals surface area contributed by atoms with Crippen molar-refractivity contribution in [1.82, 2.24) is 4.72 Å². The van der Waals surface area contributed by atoms with Crippen molar-refractivity contribution >= 4 is 16.0 Å². The first-order valence-corrected chi connectivity index (χ1v) is 7.35. The van der Waals surface area contributed by atoms with Crippen LogP contribution in [-0.4, -0.2) is 44.5 Å². The zero-order valence-electron chi connectivity index (χ0n) is 9.89. The minimum absolute atomic E-state index is 0.169. The average Bonchev–Trinajstić information content (AvgIpc) is 2.27. The third kappa shape index (κ3) is 5.47. The molecular formula is C10H19NO5S. The number of sulfonamides is 1. The largest absolute Gasteiger partial charge is 0.481 e. The Morgan fingerprint density at radius 1 is 1.47 bits per heavy atom. The van der Waals surface area contributed by atoms with E-state index in [1.807, 2.05) is 6.92 Å². The lowest BCUT2D eigenvalue weighted by Gasteiger charge is -2.28. The second-order valence-corrected chi connectivity index (χ2v) is 6.19. The summed E-state index contributed by atoms with van der Waals surface area (Å²) in [6.45, 7) is 3.13. The summed E-state index contributed by atoms with van der Waals surface area (Å²) in [5.74, 6) is -1.20. The second-order valence-electron chi connectivity index (χ2n) is 4.32. The normalized spacial score (nSPS) is 20.1. The van der Waals surface area contributed by atoms with E-state index < -0.39 is 16.0 Å². The van der Waals surface area contributed by atoms with Gasteiger partial charge in [-0.15, -0.1) is 0 Å². The fourth-order valence-corrected chi connectivity index (χ4v) is 3.20. The SMILES string of the molecule is CC(NS(=O)(=O)CCC(=O)O)C1CCOCC1. The Kier molecular flexibility index (Phi) is 5.35. The van der Waals surface area contributed by atoms with Gasteiger partial charge in [-0.1, -0.05) is 0 Å². The Labute approximate surface area is 101 Å². The maximum atomic E-state index is 11.6. The van der Waals surface area contributed by atoms with Crippen LogP contribution in [0.1, 0.15) is 26.2 Å². The van der Waals surface area contributed by atoms with Crippen molar-refractivity contribution in [3.05, 3.63) is 0 Å². The van der Waals surface area contributed by atoms with Gasteiger partial charge in [0.15, 0.2) is 0 Å². The summed E-state index contributed by atoms with van der Waals surface area (Å²) in [6.07, 6.45) is 1.31. The van der Waals surface area contributed by atoms with Crippen molar-refractivity contribution in [2.75, 3.05) is 19.0 Å². The number of aliphatic carboxylic acids is 1. The molecule has 1 rings (SSSR count). The Bertz CT molecular complexity index is 348. The lowest BCUT2D eigenvalue weighted by atomic mass is 9.94. The molecule has 0 aromatic heterocycles. The van der Waals surface area contributed by atoms with Crippen LogP contribution in [0.4, 0.5) is 0 Å². The van der Waals surface area contributed by atoms with Crippen molar-refractivity contribution < 1.29 is 23.1 Å². The molecule has 0 aliphatic carbocycles. The molecule has 6 nitrogen and oxygen atoms in total. The molecule has 1 atom stereocenters. The molecular weight excluding hydrogens is 246 g/mol. The van der Waals surface area contributed by atoms with Gasteiger partial charge >= 0.3 is 5.97 Å². The molecule has 1 heterocycles. The summed E-state index contributed by atoms with van der Waals surface area (Å²) in [7, 11) is -3.50. The van der Waals surface area contributed by atoms with Gasteiger partial charge in [0.25, 0.3) is 0 Å². The van der Waals surface area contributed by atoms with E-state index in [1.165, 1.54) is 0 Å². The lowest BCUT2D eigenvalue weighted by Crippen LogP contribution is -2.41. The Hall–Kier alpha value is -0.660. The van der Waals surface area contributed by atoms with Crippen LogP contribution in [0.25, 0.3) is 0 Å². The van der Waals surface area contributed by atoms with E-state index in [9.17, 15) is 13.2 Å². The molecule has 1 saturated heterocycles. The zero-order valence-corrected chi connectivity index (χ0v) is 10.7. The van der Waals surface area contributed by atoms with Crippen LogP contribution < -0.4 is 4.72 Å². The van der Waals surface area contributed by atoms with Gasteiger partial charge < -0.3 is 9.84 Å². The molecule has 0 amide bonds. The van der Waals surface area contributed by atoms with Gasteiger partial charge in [-0.2, -0.15) is 0 Å². The first kappa shape index (κ1) is 14.4. The Morgan fingerprint density at radius 3 is 2.59 bits per heavy atom. The van der Waals surface area contributed by atoms with Crippen molar-refractivity contribution in [2.24, 2.45) is 5.92 Å². The third-order valence-electron chi connectivity index (χ3n) is 2.92. The molecule has 2 N–H and O–H groups in total. The molecule has 0 aromatic carbocycles. The van der Waals surface area contributed by atoms with Gasteiger partial charge in [0.2, 0.25) is 10.0 Å². The number of ether oxygens (including phenoxy) is 1. The zero-order chi connectivity index (χ0) is 12.9. The van der Waals surface area contributed by atoms with Crippen LogP contribution in [0.3, 0.4) is 0 Å². The van der Waals surface area contributed by atoms with Crippen LogP contribution in [0.15, 0.2) is 0 Å². The fourth-order valence-electron chi connectivity index (χ4n) is 1.88. The van der Waals surface area contributed by atoms with Gasteiger partial charge in [0, 0.05) is 19.3 Å². The number of carboxylic acids is 1. The summed E-state index contributed by atoms with van der Waals surface area (Å²) >= 11 is 0. The minimum atomic E-state index is -3.50. The van der Waals surface area contributed by atoms with Crippen LogP contribution in [0.2, 0.25) is 0 Å². The molecule has 0 spiro atoms. The van der Waals surface area contributed by atoms with E-state index in [1.54, 1.807) is 0 Å². The summed E-state index contributed by atoms with van der Waals surface area (Å²) < 4.78 is 30.9. The van der Waals surface area contributed by atoms with E-state index in [-0.39, 0.29) is 24.1 Å². The van der Waals surface area contributed by atoms with Crippen LogP contribution in [0.5, 0.6) is 0 Å². The number of carbonyl (C=O) groups is 1. The first-order valence-electron chi connectivity index (χ1n) is 5.70. The summed E-state index contributed by atoms with van der Waals surface area (Å²) in [4.78, 5) is 10.3. The van der Waals surface area contributed by atoms with Crippen LogP contribution in [0, 0.1) is 5.92 Å². The van der Waals surface area contributed by atoms with Gasteiger partial charge in [-0.3, -0.25) is 4.79 Å². The van der Waals surface area contributed by atoms with Gasteiger partial charge in [-0.25, -0.2) is 13.1 Å². The third-order valence-corrected chi connectivity index (χ3v) is 4.40. The molecule has 0 saturated carbocycles. The van der Waals surface area contributed by atoms with Crippen LogP contribution in [-0.2, 0) is 19.6 Å². The summed E-state index contributed by atoms with van der Waals surface area (Å²) in [5.41, 5.74) is 0. The molecule has 7 heteroatoms. The molecule has 0 bridgehead atoms. The fraction of sp³-hybridized carbons (Fsp3) is 0.900. The Morgan fingerprint density at radius 2 is 2.06 bits per heavy atom. The lowest BCUT2D eigenvalue weighted by molar-refractivity contribution is -0.136. The molecule has 0 aromatic rings.